The molecule has 116 valence electrons. The van der Waals surface area contributed by atoms with Gasteiger partial charge in [0.15, 0.2) is 5.84 Å². The summed E-state index contributed by atoms with van der Waals surface area (Å²) in [6.07, 6.45) is 0. The minimum atomic E-state index is -0.0546. The highest BCUT2D eigenvalue weighted by Crippen LogP contribution is 2.26. The van der Waals surface area contributed by atoms with Crippen molar-refractivity contribution in [3.8, 4) is 0 Å². The Balaban J connectivity index is 1.93. The van der Waals surface area contributed by atoms with E-state index in [2.05, 4.69) is 15.0 Å². The first kappa shape index (κ1) is 16.4. The number of benzene rings is 1. The fourth-order valence-corrected chi connectivity index (χ4v) is 3.00. The minimum Gasteiger partial charge on any atom is -0.409 e. The van der Waals surface area contributed by atoms with Crippen LogP contribution in [0.3, 0.4) is 0 Å². The number of hydrogen-bond donors (Lipinski definition) is 2. The molecule has 1 aliphatic rings. The highest BCUT2D eigenvalue weighted by atomic mass is 35.5. The molecule has 0 aliphatic carbocycles. The van der Waals surface area contributed by atoms with E-state index in [4.69, 9.17) is 34.1 Å². The molecule has 0 aromatic heterocycles. The van der Waals surface area contributed by atoms with Crippen molar-refractivity contribution >= 4 is 29.0 Å². The first-order valence-electron chi connectivity index (χ1n) is 6.89. The van der Waals surface area contributed by atoms with Crippen LogP contribution in [0, 0.1) is 0 Å². The Morgan fingerprint density at radius 3 is 2.38 bits per heavy atom. The summed E-state index contributed by atoms with van der Waals surface area (Å²) in [5.41, 5.74) is 6.63. The van der Waals surface area contributed by atoms with Gasteiger partial charge in [-0.15, -0.1) is 0 Å². The summed E-state index contributed by atoms with van der Waals surface area (Å²) >= 11 is 12.4. The van der Waals surface area contributed by atoms with Crippen molar-refractivity contribution in [2.24, 2.45) is 10.9 Å². The summed E-state index contributed by atoms with van der Waals surface area (Å²) in [4.78, 5) is 4.50. The lowest BCUT2D eigenvalue weighted by atomic mass is 10.1. The van der Waals surface area contributed by atoms with Gasteiger partial charge in [-0.25, -0.2) is 0 Å². The van der Waals surface area contributed by atoms with Crippen LogP contribution in [0.2, 0.25) is 10.0 Å². The zero-order chi connectivity index (χ0) is 15.4. The van der Waals surface area contributed by atoms with E-state index in [0.717, 1.165) is 38.3 Å². The number of hydrogen-bond acceptors (Lipinski definition) is 4. The molecule has 3 N–H and O–H groups in total. The molecule has 1 unspecified atom stereocenters. The Labute approximate surface area is 134 Å². The zero-order valence-corrected chi connectivity index (χ0v) is 13.5. The molecular formula is C14H20Cl2N4O. The van der Waals surface area contributed by atoms with E-state index in [1.54, 1.807) is 0 Å². The molecule has 1 aromatic carbocycles. The normalized spacial score (nSPS) is 19.7. The van der Waals surface area contributed by atoms with Crippen molar-refractivity contribution < 1.29 is 5.21 Å². The topological polar surface area (TPSA) is 65.1 Å². The van der Waals surface area contributed by atoms with Crippen LogP contribution < -0.4 is 5.73 Å². The molecule has 0 amide bonds. The van der Waals surface area contributed by atoms with Crippen molar-refractivity contribution in [1.82, 2.24) is 9.80 Å². The Hall–Kier alpha value is -1.01. The molecule has 5 nitrogen and oxygen atoms in total. The summed E-state index contributed by atoms with van der Waals surface area (Å²) in [7, 11) is 0. The lowest BCUT2D eigenvalue weighted by Gasteiger charge is -2.37. The second kappa shape index (κ2) is 7.31. The number of oxime groups is 1. The van der Waals surface area contributed by atoms with Gasteiger partial charge in [-0.3, -0.25) is 9.80 Å². The monoisotopic (exact) mass is 330 g/mol. The predicted molar refractivity (Wildman–Crippen MR) is 86.2 cm³/mol. The molecular weight excluding hydrogens is 311 g/mol. The third-order valence-corrected chi connectivity index (χ3v) is 4.65. The highest BCUT2D eigenvalue weighted by molar-refractivity contribution is 6.35. The van der Waals surface area contributed by atoms with Gasteiger partial charge in [0.2, 0.25) is 0 Å². The van der Waals surface area contributed by atoms with E-state index in [-0.39, 0.29) is 11.9 Å². The average molecular weight is 331 g/mol. The molecule has 0 radical (unpaired) electrons. The summed E-state index contributed by atoms with van der Waals surface area (Å²) in [6.45, 7) is 6.19. The molecule has 1 atom stereocenters. The third kappa shape index (κ3) is 4.01. The molecule has 1 aliphatic heterocycles. The Morgan fingerprint density at radius 2 is 1.86 bits per heavy atom. The largest absolute Gasteiger partial charge is 0.409 e. The van der Waals surface area contributed by atoms with Gasteiger partial charge in [0.25, 0.3) is 0 Å². The first-order chi connectivity index (χ1) is 10.0. The van der Waals surface area contributed by atoms with Crippen molar-refractivity contribution in [3.05, 3.63) is 33.8 Å². The molecule has 2 rings (SSSR count). The van der Waals surface area contributed by atoms with Crippen molar-refractivity contribution in [3.63, 3.8) is 0 Å². The van der Waals surface area contributed by atoms with Crippen LogP contribution >= 0.6 is 23.2 Å². The lowest BCUT2D eigenvalue weighted by Crippen LogP contribution is -2.52. The van der Waals surface area contributed by atoms with E-state index in [1.807, 2.05) is 25.1 Å². The van der Waals surface area contributed by atoms with Crippen LogP contribution in [-0.2, 0) is 6.54 Å². The smallest absolute Gasteiger partial charge is 0.156 e. The SMILES string of the molecule is CC(C(N)=NO)N1CCN(Cc2c(Cl)cccc2Cl)CC1. The predicted octanol–water partition coefficient (Wildman–Crippen LogP) is 2.25. The molecule has 0 bridgehead atoms. The second-order valence-electron chi connectivity index (χ2n) is 5.21. The molecule has 0 spiro atoms. The van der Waals surface area contributed by atoms with Gasteiger partial charge in [-0.1, -0.05) is 34.4 Å². The Bertz CT molecular complexity index is 495. The maximum absolute atomic E-state index is 8.74. The quantitative estimate of drug-likeness (QED) is 0.384. The van der Waals surface area contributed by atoms with Crippen LogP contribution in [0.25, 0.3) is 0 Å². The van der Waals surface area contributed by atoms with E-state index in [1.165, 1.54) is 0 Å². The van der Waals surface area contributed by atoms with Crippen LogP contribution in [0.4, 0.5) is 0 Å². The van der Waals surface area contributed by atoms with E-state index >= 15 is 0 Å². The highest BCUT2D eigenvalue weighted by Gasteiger charge is 2.24. The summed E-state index contributed by atoms with van der Waals surface area (Å²) in [5.74, 6) is 0.248. The number of nitrogens with zero attached hydrogens (tertiary/aromatic N) is 3. The zero-order valence-electron chi connectivity index (χ0n) is 12.0. The molecule has 1 aromatic rings. The first-order valence-corrected chi connectivity index (χ1v) is 7.65. The number of nitrogens with two attached hydrogens (primary N) is 1. The summed E-state index contributed by atoms with van der Waals surface area (Å²) < 4.78 is 0. The Morgan fingerprint density at radius 1 is 1.29 bits per heavy atom. The van der Waals surface area contributed by atoms with Gasteiger partial charge >= 0.3 is 0 Å². The maximum Gasteiger partial charge on any atom is 0.156 e. The molecule has 1 heterocycles. The third-order valence-electron chi connectivity index (χ3n) is 3.94. The lowest BCUT2D eigenvalue weighted by molar-refractivity contribution is 0.116. The van der Waals surface area contributed by atoms with Crippen molar-refractivity contribution in [2.75, 3.05) is 26.2 Å². The number of amidine groups is 1. The van der Waals surface area contributed by atoms with Crippen molar-refractivity contribution in [1.29, 1.82) is 0 Å². The van der Waals surface area contributed by atoms with E-state index in [9.17, 15) is 0 Å². The van der Waals surface area contributed by atoms with Crippen molar-refractivity contribution in [2.45, 2.75) is 19.5 Å². The number of piperazine rings is 1. The summed E-state index contributed by atoms with van der Waals surface area (Å²) in [5, 5.41) is 13.2. The maximum atomic E-state index is 8.74. The Kier molecular flexibility index (Phi) is 5.70. The molecule has 1 fully saturated rings. The van der Waals surface area contributed by atoms with Crippen LogP contribution in [0.5, 0.6) is 0 Å². The van der Waals surface area contributed by atoms with Gasteiger partial charge in [0, 0.05) is 48.3 Å². The molecule has 21 heavy (non-hydrogen) atoms. The molecule has 1 saturated heterocycles. The van der Waals surface area contributed by atoms with Gasteiger partial charge in [0.05, 0.1) is 6.04 Å². The van der Waals surface area contributed by atoms with E-state index in [0.29, 0.717) is 10.0 Å². The van der Waals surface area contributed by atoms with Crippen LogP contribution in [-0.4, -0.2) is 53.1 Å². The van der Waals surface area contributed by atoms with Gasteiger partial charge in [-0.2, -0.15) is 0 Å². The number of halogens is 2. The molecule has 0 saturated carbocycles. The second-order valence-corrected chi connectivity index (χ2v) is 6.03. The standard InChI is InChI=1S/C14H20Cl2N4O/c1-10(14(17)18-21)20-7-5-19(6-8-20)9-11-12(15)3-2-4-13(11)16/h2-4,10,21H,5-9H2,1H3,(H2,17,18). The fourth-order valence-electron chi connectivity index (χ4n) is 2.49. The van der Waals surface area contributed by atoms with E-state index < -0.39 is 0 Å². The molecule has 7 heteroatoms. The van der Waals surface area contributed by atoms with Crippen LogP contribution in [0.1, 0.15) is 12.5 Å². The summed E-state index contributed by atoms with van der Waals surface area (Å²) in [6, 6.07) is 5.52. The number of rotatable bonds is 4. The van der Waals surface area contributed by atoms with Gasteiger partial charge < -0.3 is 10.9 Å². The van der Waals surface area contributed by atoms with Crippen LogP contribution in [0.15, 0.2) is 23.4 Å². The minimum absolute atomic E-state index is 0.0546. The van der Waals surface area contributed by atoms with Gasteiger partial charge in [-0.05, 0) is 19.1 Å². The van der Waals surface area contributed by atoms with Gasteiger partial charge in [0.1, 0.15) is 0 Å². The average Bonchev–Trinajstić information content (AvgIpc) is 2.50. The fraction of sp³-hybridized carbons (Fsp3) is 0.500.